The van der Waals surface area contributed by atoms with Crippen LogP contribution in [0.3, 0.4) is 0 Å². The second-order valence-corrected chi connectivity index (χ2v) is 2.12. The highest BCUT2D eigenvalue weighted by Crippen LogP contribution is 1.95. The summed E-state index contributed by atoms with van der Waals surface area (Å²) in [6.45, 7) is 0.901. The summed E-state index contributed by atoms with van der Waals surface area (Å²) in [5.74, 6) is 0. The normalized spacial score (nSPS) is 17.6. The van der Waals surface area contributed by atoms with Gasteiger partial charge in [-0.1, -0.05) is 22.6 Å². The highest BCUT2D eigenvalue weighted by atomic mass is 127. The Balaban J connectivity index is 2.36. The molecular formula is C4H7IN2. The zero-order valence-electron chi connectivity index (χ0n) is 3.87. The van der Waals surface area contributed by atoms with E-state index in [1.54, 1.807) is 0 Å². The number of allylic oxidation sites excluding steroid dienone is 1. The molecule has 0 amide bonds. The molecule has 3 heteroatoms. The summed E-state index contributed by atoms with van der Waals surface area (Å²) in [7, 11) is 0. The van der Waals surface area contributed by atoms with Crippen LogP contribution in [0.1, 0.15) is 0 Å². The first-order chi connectivity index (χ1) is 3.43. The maximum absolute atomic E-state index is 3.15. The van der Waals surface area contributed by atoms with Gasteiger partial charge >= 0.3 is 0 Å². The molecule has 0 aliphatic carbocycles. The number of hydrogen-bond acceptors (Lipinski definition) is 2. The molecule has 1 rings (SSSR count). The summed E-state index contributed by atoms with van der Waals surface area (Å²) in [6, 6.07) is 0. The van der Waals surface area contributed by atoms with Crippen molar-refractivity contribution in [1.82, 2.24) is 10.6 Å². The van der Waals surface area contributed by atoms with Crippen LogP contribution in [0.4, 0.5) is 0 Å². The fourth-order valence-electron chi connectivity index (χ4n) is 0.476. The van der Waals surface area contributed by atoms with Crippen molar-refractivity contribution in [2.45, 2.75) is 0 Å². The van der Waals surface area contributed by atoms with Crippen molar-refractivity contribution >= 4 is 22.6 Å². The smallest absolute Gasteiger partial charge is 0.0843 e. The van der Waals surface area contributed by atoms with Gasteiger partial charge in [0, 0.05) is 16.3 Å². The lowest BCUT2D eigenvalue weighted by molar-refractivity contribution is 0.815. The van der Waals surface area contributed by atoms with Gasteiger partial charge in [-0.3, -0.25) is 0 Å². The van der Waals surface area contributed by atoms with Gasteiger partial charge in [-0.2, -0.15) is 0 Å². The van der Waals surface area contributed by atoms with E-state index in [-0.39, 0.29) is 0 Å². The van der Waals surface area contributed by atoms with Crippen molar-refractivity contribution in [2.24, 2.45) is 0 Å². The van der Waals surface area contributed by atoms with Gasteiger partial charge in [-0.25, -0.2) is 0 Å². The molecule has 2 N–H and O–H groups in total. The molecule has 0 bridgehead atoms. The lowest BCUT2D eigenvalue weighted by Gasteiger charge is -1.92. The molecule has 0 aromatic carbocycles. The van der Waals surface area contributed by atoms with E-state index in [2.05, 4.69) is 33.2 Å². The Labute approximate surface area is 56.5 Å². The highest BCUT2D eigenvalue weighted by molar-refractivity contribution is 14.1. The van der Waals surface area contributed by atoms with Crippen LogP contribution in [0.2, 0.25) is 0 Å². The predicted octanol–water partition coefficient (Wildman–Crippen LogP) is 0.413. The lowest BCUT2D eigenvalue weighted by atomic mass is 10.6. The number of nitrogens with one attached hydrogen (secondary N) is 2. The molecule has 0 atom stereocenters. The molecule has 0 fully saturated rings. The number of halogens is 1. The monoisotopic (exact) mass is 210 g/mol. The summed E-state index contributed by atoms with van der Waals surface area (Å²) in [5.41, 5.74) is 1.29. The average molecular weight is 210 g/mol. The fourth-order valence-corrected chi connectivity index (χ4v) is 0.966. The zero-order chi connectivity index (χ0) is 5.11. The van der Waals surface area contributed by atoms with Crippen molar-refractivity contribution < 1.29 is 0 Å². The van der Waals surface area contributed by atoms with Crippen LogP contribution in [-0.4, -0.2) is 11.1 Å². The van der Waals surface area contributed by atoms with E-state index in [1.807, 2.05) is 6.20 Å². The first kappa shape index (κ1) is 5.21. The minimum atomic E-state index is 0.901. The summed E-state index contributed by atoms with van der Waals surface area (Å²) in [6.07, 6.45) is 2.01. The lowest BCUT2D eigenvalue weighted by Crippen LogP contribution is -2.14. The molecule has 0 aromatic rings. The van der Waals surface area contributed by atoms with E-state index in [1.165, 1.54) is 5.70 Å². The van der Waals surface area contributed by atoms with Crippen molar-refractivity contribution in [1.29, 1.82) is 0 Å². The second kappa shape index (κ2) is 2.40. The Hall–Kier alpha value is 0.0700. The molecular weight excluding hydrogens is 203 g/mol. The van der Waals surface area contributed by atoms with E-state index in [0.717, 1.165) is 11.1 Å². The van der Waals surface area contributed by atoms with Gasteiger partial charge in [0.1, 0.15) is 0 Å². The van der Waals surface area contributed by atoms with Crippen LogP contribution in [0.15, 0.2) is 11.9 Å². The van der Waals surface area contributed by atoms with Crippen LogP contribution in [-0.2, 0) is 0 Å². The summed E-state index contributed by atoms with van der Waals surface area (Å²) in [5, 5.41) is 6.19. The Morgan fingerprint density at radius 2 is 2.71 bits per heavy atom. The Bertz CT molecular complexity index is 89.7. The molecule has 0 spiro atoms. The number of hydrogen-bond donors (Lipinski definition) is 2. The summed E-state index contributed by atoms with van der Waals surface area (Å²) in [4.78, 5) is 0. The fraction of sp³-hybridized carbons (Fsp3) is 0.500. The van der Waals surface area contributed by atoms with Gasteiger partial charge in [0.2, 0.25) is 0 Å². The first-order valence-electron chi connectivity index (χ1n) is 2.16. The number of alkyl halides is 1. The van der Waals surface area contributed by atoms with Gasteiger partial charge < -0.3 is 10.6 Å². The molecule has 1 aliphatic heterocycles. The van der Waals surface area contributed by atoms with Gasteiger partial charge in [-0.15, -0.1) is 0 Å². The van der Waals surface area contributed by atoms with Gasteiger partial charge in [0.25, 0.3) is 0 Å². The minimum Gasteiger partial charge on any atom is -0.372 e. The van der Waals surface area contributed by atoms with Crippen LogP contribution in [0, 0.1) is 0 Å². The third-order valence-corrected chi connectivity index (χ3v) is 1.66. The Morgan fingerprint density at radius 3 is 3.00 bits per heavy atom. The Kier molecular flexibility index (Phi) is 1.78. The standard InChI is InChI=1S/C4H7IN2/c5-1-4-2-6-3-7-4/h2,6-7H,1,3H2. The van der Waals surface area contributed by atoms with Crippen LogP contribution >= 0.6 is 22.6 Å². The molecule has 7 heavy (non-hydrogen) atoms. The van der Waals surface area contributed by atoms with Gasteiger partial charge in [0.15, 0.2) is 0 Å². The quantitative estimate of drug-likeness (QED) is 0.484. The zero-order valence-corrected chi connectivity index (χ0v) is 6.03. The highest BCUT2D eigenvalue weighted by Gasteiger charge is 1.96. The molecule has 0 unspecified atom stereocenters. The number of rotatable bonds is 1. The van der Waals surface area contributed by atoms with E-state index < -0.39 is 0 Å². The molecule has 2 nitrogen and oxygen atoms in total. The molecule has 1 heterocycles. The maximum atomic E-state index is 3.15. The SMILES string of the molecule is ICC1=CNCN1. The average Bonchev–Trinajstić information content (AvgIpc) is 2.14. The van der Waals surface area contributed by atoms with Crippen molar-refractivity contribution in [3.05, 3.63) is 11.9 Å². The van der Waals surface area contributed by atoms with E-state index in [4.69, 9.17) is 0 Å². The Morgan fingerprint density at radius 1 is 1.86 bits per heavy atom. The van der Waals surface area contributed by atoms with Crippen LogP contribution < -0.4 is 10.6 Å². The van der Waals surface area contributed by atoms with E-state index in [0.29, 0.717) is 0 Å². The molecule has 40 valence electrons. The second-order valence-electron chi connectivity index (χ2n) is 1.36. The van der Waals surface area contributed by atoms with Crippen molar-refractivity contribution in [3.63, 3.8) is 0 Å². The molecule has 0 radical (unpaired) electrons. The third-order valence-electron chi connectivity index (χ3n) is 0.838. The minimum absolute atomic E-state index is 0.901. The summed E-state index contributed by atoms with van der Waals surface area (Å²) >= 11 is 2.32. The molecule has 0 aromatic heterocycles. The molecule has 0 saturated carbocycles. The van der Waals surface area contributed by atoms with E-state index >= 15 is 0 Å². The third kappa shape index (κ3) is 1.22. The van der Waals surface area contributed by atoms with Crippen LogP contribution in [0.25, 0.3) is 0 Å². The first-order valence-corrected chi connectivity index (χ1v) is 3.68. The largest absolute Gasteiger partial charge is 0.372 e. The van der Waals surface area contributed by atoms with E-state index in [9.17, 15) is 0 Å². The van der Waals surface area contributed by atoms with Gasteiger partial charge in [0.05, 0.1) is 6.67 Å². The maximum Gasteiger partial charge on any atom is 0.0843 e. The summed E-state index contributed by atoms with van der Waals surface area (Å²) < 4.78 is 1.07. The van der Waals surface area contributed by atoms with Crippen LogP contribution in [0.5, 0.6) is 0 Å². The van der Waals surface area contributed by atoms with Gasteiger partial charge in [-0.05, 0) is 0 Å². The van der Waals surface area contributed by atoms with Crippen molar-refractivity contribution in [3.8, 4) is 0 Å². The molecule has 1 aliphatic rings. The predicted molar refractivity (Wildman–Crippen MR) is 38.1 cm³/mol. The topological polar surface area (TPSA) is 24.1 Å². The van der Waals surface area contributed by atoms with Crippen molar-refractivity contribution in [2.75, 3.05) is 11.1 Å². The molecule has 0 saturated heterocycles.